The molecule has 1 N–H and O–H groups in total. The molecule has 1 amide bonds. The van der Waals surface area contributed by atoms with Crippen molar-refractivity contribution >= 4 is 33.5 Å². The van der Waals surface area contributed by atoms with Gasteiger partial charge in [0.15, 0.2) is 0 Å². The maximum Gasteiger partial charge on any atom is 0.404 e. The van der Waals surface area contributed by atoms with Crippen LogP contribution in [-0.2, 0) is 18.4 Å². The molecular formula is C11H10BrN7O3. The maximum atomic E-state index is 11.9. The van der Waals surface area contributed by atoms with E-state index in [0.717, 1.165) is 0 Å². The topological polar surface area (TPSA) is 132 Å². The molecule has 2 aromatic rings. The fourth-order valence-electron chi connectivity index (χ4n) is 1.70. The lowest BCUT2D eigenvalue weighted by Gasteiger charge is -2.05. The number of hydrogen-bond donors (Lipinski definition) is 1. The van der Waals surface area contributed by atoms with Crippen molar-refractivity contribution in [3.63, 3.8) is 0 Å². The molecule has 0 spiro atoms. The number of anilines is 1. The van der Waals surface area contributed by atoms with E-state index in [9.17, 15) is 14.9 Å². The summed E-state index contributed by atoms with van der Waals surface area (Å²) < 4.78 is 2.93. The maximum absolute atomic E-state index is 11.9. The van der Waals surface area contributed by atoms with Crippen LogP contribution in [0.25, 0.3) is 0 Å². The summed E-state index contributed by atoms with van der Waals surface area (Å²) in [7, 11) is 1.60. The zero-order valence-electron chi connectivity index (χ0n) is 11.4. The van der Waals surface area contributed by atoms with E-state index in [1.165, 1.54) is 21.8 Å². The first kappa shape index (κ1) is 15.6. The Morgan fingerprint density at radius 3 is 2.95 bits per heavy atom. The summed E-state index contributed by atoms with van der Waals surface area (Å²) in [5.74, 6) is -0.353. The normalized spacial score (nSPS) is 10.2. The number of nitrogens with zero attached hydrogens (tertiary/aromatic N) is 6. The van der Waals surface area contributed by atoms with Crippen molar-refractivity contribution in [1.82, 2.24) is 19.6 Å². The van der Waals surface area contributed by atoms with Crippen molar-refractivity contribution in [1.29, 1.82) is 5.26 Å². The van der Waals surface area contributed by atoms with Gasteiger partial charge < -0.3 is 15.4 Å². The molecule has 0 bridgehead atoms. The largest absolute Gasteiger partial charge is 0.404 e. The molecule has 0 radical (unpaired) electrons. The first-order valence-corrected chi connectivity index (χ1v) is 6.81. The SMILES string of the molecule is Cn1ncc(C#N)c1NC(=O)CCn1cc(Br)c([N+](=O)[O-])n1. The molecule has 0 fully saturated rings. The molecule has 22 heavy (non-hydrogen) atoms. The number of aryl methyl sites for hydroxylation is 2. The van der Waals surface area contributed by atoms with Gasteiger partial charge in [-0.25, -0.2) is 0 Å². The summed E-state index contributed by atoms with van der Waals surface area (Å²) in [6.45, 7) is 0.165. The molecule has 0 saturated heterocycles. The second-order valence-electron chi connectivity index (χ2n) is 4.26. The van der Waals surface area contributed by atoms with Crippen LogP contribution in [-0.4, -0.2) is 30.4 Å². The highest BCUT2D eigenvalue weighted by Gasteiger charge is 2.19. The van der Waals surface area contributed by atoms with Crippen molar-refractivity contribution in [3.05, 3.63) is 32.5 Å². The van der Waals surface area contributed by atoms with Gasteiger partial charge in [-0.1, -0.05) is 0 Å². The molecule has 0 aliphatic carbocycles. The minimum atomic E-state index is -0.616. The van der Waals surface area contributed by atoms with Crippen molar-refractivity contribution < 1.29 is 9.72 Å². The van der Waals surface area contributed by atoms with Crippen LogP contribution < -0.4 is 5.32 Å². The van der Waals surface area contributed by atoms with E-state index >= 15 is 0 Å². The van der Waals surface area contributed by atoms with Crippen LogP contribution >= 0.6 is 15.9 Å². The second kappa shape index (κ2) is 6.35. The molecule has 2 aromatic heterocycles. The van der Waals surface area contributed by atoms with Crippen molar-refractivity contribution in [2.24, 2.45) is 7.05 Å². The Balaban J connectivity index is 1.99. The van der Waals surface area contributed by atoms with Gasteiger partial charge in [0.25, 0.3) is 0 Å². The van der Waals surface area contributed by atoms with Gasteiger partial charge in [-0.3, -0.25) is 9.48 Å². The van der Waals surface area contributed by atoms with E-state index in [4.69, 9.17) is 5.26 Å². The van der Waals surface area contributed by atoms with Crippen LogP contribution in [0.1, 0.15) is 12.0 Å². The molecule has 2 rings (SSSR count). The Morgan fingerprint density at radius 1 is 1.64 bits per heavy atom. The van der Waals surface area contributed by atoms with Gasteiger partial charge in [0, 0.05) is 13.5 Å². The Labute approximate surface area is 132 Å². The van der Waals surface area contributed by atoms with E-state index in [-0.39, 0.29) is 34.7 Å². The van der Waals surface area contributed by atoms with Crippen LogP contribution in [0.2, 0.25) is 0 Å². The number of rotatable bonds is 5. The molecule has 0 aromatic carbocycles. The molecular weight excluding hydrogens is 358 g/mol. The van der Waals surface area contributed by atoms with E-state index < -0.39 is 4.92 Å². The van der Waals surface area contributed by atoms with E-state index in [0.29, 0.717) is 5.82 Å². The summed E-state index contributed by atoms with van der Waals surface area (Å²) in [6.07, 6.45) is 2.82. The van der Waals surface area contributed by atoms with E-state index in [2.05, 4.69) is 31.4 Å². The molecule has 0 unspecified atom stereocenters. The summed E-state index contributed by atoms with van der Waals surface area (Å²) in [4.78, 5) is 21.9. The minimum Gasteiger partial charge on any atom is -0.358 e. The third kappa shape index (κ3) is 3.29. The first-order chi connectivity index (χ1) is 10.4. The molecule has 0 saturated carbocycles. The van der Waals surface area contributed by atoms with Crippen LogP contribution in [0.4, 0.5) is 11.6 Å². The third-order valence-corrected chi connectivity index (χ3v) is 3.32. The summed E-state index contributed by atoms with van der Waals surface area (Å²) in [5, 5.41) is 29.8. The molecule has 11 heteroatoms. The molecule has 0 aliphatic heterocycles. The van der Waals surface area contributed by atoms with Gasteiger partial charge in [-0.15, -0.1) is 0 Å². The predicted octanol–water partition coefficient (Wildman–Crippen LogP) is 1.19. The van der Waals surface area contributed by atoms with E-state index in [1.54, 1.807) is 7.05 Å². The third-order valence-electron chi connectivity index (χ3n) is 2.76. The average molecular weight is 368 g/mol. The van der Waals surface area contributed by atoms with Crippen molar-refractivity contribution in [2.75, 3.05) is 5.32 Å². The summed E-state index contributed by atoms with van der Waals surface area (Å²) >= 11 is 3.03. The molecule has 10 nitrogen and oxygen atoms in total. The van der Waals surface area contributed by atoms with Gasteiger partial charge in [0.1, 0.15) is 21.9 Å². The van der Waals surface area contributed by atoms with Gasteiger partial charge in [0.05, 0.1) is 24.0 Å². The second-order valence-corrected chi connectivity index (χ2v) is 5.12. The Morgan fingerprint density at radius 2 is 2.36 bits per heavy atom. The number of nitriles is 1. The number of nitro groups is 1. The van der Waals surface area contributed by atoms with Crippen LogP contribution in [0.5, 0.6) is 0 Å². The van der Waals surface area contributed by atoms with Gasteiger partial charge in [0.2, 0.25) is 5.91 Å². The fourth-order valence-corrected chi connectivity index (χ4v) is 2.16. The monoisotopic (exact) mass is 367 g/mol. The van der Waals surface area contributed by atoms with Crippen LogP contribution in [0.15, 0.2) is 16.9 Å². The zero-order chi connectivity index (χ0) is 16.3. The first-order valence-electron chi connectivity index (χ1n) is 6.01. The lowest BCUT2D eigenvalue weighted by Crippen LogP contribution is -2.17. The number of nitrogens with one attached hydrogen (secondary N) is 1. The smallest absolute Gasteiger partial charge is 0.358 e. The Bertz CT molecular complexity index is 773. The predicted molar refractivity (Wildman–Crippen MR) is 77.8 cm³/mol. The number of hydrogen-bond acceptors (Lipinski definition) is 6. The summed E-state index contributed by atoms with van der Waals surface area (Å²) in [6, 6.07) is 1.92. The van der Waals surface area contributed by atoms with Gasteiger partial charge >= 0.3 is 5.82 Å². The minimum absolute atomic E-state index is 0.0430. The number of aromatic nitrogens is 4. The Kier molecular flexibility index (Phi) is 4.52. The fraction of sp³-hybridized carbons (Fsp3) is 0.273. The zero-order valence-corrected chi connectivity index (χ0v) is 12.9. The molecule has 2 heterocycles. The van der Waals surface area contributed by atoms with E-state index in [1.807, 2.05) is 6.07 Å². The average Bonchev–Trinajstić information content (AvgIpc) is 3.01. The lowest BCUT2D eigenvalue weighted by molar-refractivity contribution is -0.390. The van der Waals surface area contributed by atoms with Gasteiger partial charge in [-0.05, 0) is 20.9 Å². The standard InChI is InChI=1S/C11H10BrN7O3/c1-17-10(7(4-13)5-14-17)15-9(20)2-3-18-6-8(12)11(16-18)19(21)22/h5-6H,2-3H2,1H3,(H,15,20). The number of carbonyl (C=O) groups excluding carboxylic acids is 1. The van der Waals surface area contributed by atoms with Crippen molar-refractivity contribution in [3.8, 4) is 6.07 Å². The number of amides is 1. The highest BCUT2D eigenvalue weighted by molar-refractivity contribution is 9.10. The quantitative estimate of drug-likeness (QED) is 0.623. The highest BCUT2D eigenvalue weighted by Crippen LogP contribution is 2.22. The lowest BCUT2D eigenvalue weighted by atomic mass is 10.3. The van der Waals surface area contributed by atoms with Crippen LogP contribution in [0, 0.1) is 21.4 Å². The molecule has 0 aliphatic rings. The van der Waals surface area contributed by atoms with Crippen LogP contribution in [0.3, 0.4) is 0 Å². The number of carbonyl (C=O) groups is 1. The Hall–Kier alpha value is -2.74. The molecule has 114 valence electrons. The summed E-state index contributed by atoms with van der Waals surface area (Å²) in [5.41, 5.74) is 0.258. The van der Waals surface area contributed by atoms with Crippen molar-refractivity contribution in [2.45, 2.75) is 13.0 Å². The van der Waals surface area contributed by atoms with Gasteiger partial charge in [-0.2, -0.15) is 15.0 Å². The number of halogens is 1. The highest BCUT2D eigenvalue weighted by atomic mass is 79.9. The molecule has 0 atom stereocenters.